The molecule has 5 heteroatoms. The molecular formula is C13H17FN2OS. The number of benzene rings is 1. The molecular weight excluding hydrogens is 251 g/mol. The highest BCUT2D eigenvalue weighted by Gasteiger charge is 2.27. The van der Waals surface area contributed by atoms with Gasteiger partial charge in [0.05, 0.1) is 12.1 Å². The van der Waals surface area contributed by atoms with Crippen LogP contribution in [-0.4, -0.2) is 24.2 Å². The van der Waals surface area contributed by atoms with Gasteiger partial charge in [0.15, 0.2) is 0 Å². The van der Waals surface area contributed by atoms with Crippen LogP contribution in [0.25, 0.3) is 0 Å². The number of halogens is 1. The van der Waals surface area contributed by atoms with Crippen LogP contribution >= 0.6 is 12.2 Å². The predicted octanol–water partition coefficient (Wildman–Crippen LogP) is 2.44. The molecule has 1 aliphatic carbocycles. The summed E-state index contributed by atoms with van der Waals surface area (Å²) in [5, 5.41) is 3.36. The first-order chi connectivity index (χ1) is 8.61. The van der Waals surface area contributed by atoms with Crippen LogP contribution in [0.4, 0.5) is 10.1 Å². The zero-order valence-corrected chi connectivity index (χ0v) is 11.1. The van der Waals surface area contributed by atoms with Crippen LogP contribution in [-0.2, 0) is 4.74 Å². The Kier molecular flexibility index (Phi) is 4.14. The van der Waals surface area contributed by atoms with Gasteiger partial charge in [-0.05, 0) is 37.5 Å². The van der Waals surface area contributed by atoms with Crippen LogP contribution in [0.15, 0.2) is 18.2 Å². The fraction of sp³-hybridized carbons (Fsp3) is 0.462. The van der Waals surface area contributed by atoms with Gasteiger partial charge in [-0.3, -0.25) is 0 Å². The maximum absolute atomic E-state index is 13.2. The van der Waals surface area contributed by atoms with Crippen LogP contribution in [0.5, 0.6) is 0 Å². The minimum Gasteiger partial charge on any atom is -0.389 e. The molecule has 2 rings (SSSR count). The van der Waals surface area contributed by atoms with Crippen molar-refractivity contribution in [2.24, 2.45) is 5.73 Å². The van der Waals surface area contributed by atoms with Crippen molar-refractivity contribution < 1.29 is 9.13 Å². The lowest BCUT2D eigenvalue weighted by Gasteiger charge is -2.22. The summed E-state index contributed by atoms with van der Waals surface area (Å²) >= 11 is 4.95. The van der Waals surface area contributed by atoms with Gasteiger partial charge in [-0.25, -0.2) is 4.39 Å². The molecule has 1 fully saturated rings. The number of methoxy groups -OCH3 is 1. The summed E-state index contributed by atoms with van der Waals surface area (Å²) in [5.74, 6) is -0.335. The van der Waals surface area contributed by atoms with E-state index in [0.29, 0.717) is 5.56 Å². The molecule has 0 radical (unpaired) electrons. The molecule has 0 heterocycles. The standard InChI is InChI=1S/C13H17FN2OS/c1-17-12-4-2-3-11(12)16-10-6-5-8(14)7-9(10)13(15)18/h5-7,11-12,16H,2-4H2,1H3,(H2,15,18). The zero-order chi connectivity index (χ0) is 13.1. The first-order valence-electron chi connectivity index (χ1n) is 6.00. The van der Waals surface area contributed by atoms with Gasteiger partial charge in [-0.2, -0.15) is 0 Å². The minimum absolute atomic E-state index is 0.189. The molecule has 18 heavy (non-hydrogen) atoms. The van der Waals surface area contributed by atoms with Crippen molar-refractivity contribution in [1.29, 1.82) is 0 Å². The average molecular weight is 268 g/mol. The van der Waals surface area contributed by atoms with E-state index >= 15 is 0 Å². The molecule has 1 aromatic rings. The quantitative estimate of drug-likeness (QED) is 0.823. The minimum atomic E-state index is -0.335. The number of hydrogen-bond donors (Lipinski definition) is 2. The Morgan fingerprint density at radius 2 is 2.28 bits per heavy atom. The lowest BCUT2D eigenvalue weighted by Crippen LogP contribution is -2.30. The Balaban J connectivity index is 2.20. The Hall–Kier alpha value is -1.20. The van der Waals surface area contributed by atoms with Gasteiger partial charge in [0.25, 0.3) is 0 Å². The molecule has 0 saturated heterocycles. The third-order valence-corrected chi connectivity index (χ3v) is 3.56. The maximum atomic E-state index is 13.2. The zero-order valence-electron chi connectivity index (χ0n) is 10.3. The SMILES string of the molecule is COC1CCCC1Nc1ccc(F)cc1C(N)=S. The van der Waals surface area contributed by atoms with Crippen molar-refractivity contribution in [1.82, 2.24) is 0 Å². The molecule has 2 atom stereocenters. The highest BCUT2D eigenvalue weighted by atomic mass is 32.1. The number of anilines is 1. The number of ether oxygens (including phenoxy) is 1. The highest BCUT2D eigenvalue weighted by Crippen LogP contribution is 2.27. The van der Waals surface area contributed by atoms with E-state index in [1.165, 1.54) is 12.1 Å². The van der Waals surface area contributed by atoms with Crippen LogP contribution < -0.4 is 11.1 Å². The number of thiocarbonyl (C=S) groups is 1. The van der Waals surface area contributed by atoms with E-state index in [1.54, 1.807) is 13.2 Å². The lowest BCUT2D eigenvalue weighted by atomic mass is 10.1. The molecule has 1 saturated carbocycles. The summed E-state index contributed by atoms with van der Waals surface area (Å²) in [6, 6.07) is 4.67. The topological polar surface area (TPSA) is 47.3 Å². The summed E-state index contributed by atoms with van der Waals surface area (Å²) in [7, 11) is 1.71. The third-order valence-electron chi connectivity index (χ3n) is 3.34. The molecule has 3 nitrogen and oxygen atoms in total. The van der Waals surface area contributed by atoms with E-state index in [0.717, 1.165) is 24.9 Å². The van der Waals surface area contributed by atoms with Gasteiger partial charge < -0.3 is 15.8 Å². The first kappa shape index (κ1) is 13.2. The van der Waals surface area contributed by atoms with Crippen LogP contribution in [0.3, 0.4) is 0 Å². The van der Waals surface area contributed by atoms with Crippen molar-refractivity contribution in [2.75, 3.05) is 12.4 Å². The maximum Gasteiger partial charge on any atom is 0.124 e. The Morgan fingerprint density at radius 1 is 1.50 bits per heavy atom. The van der Waals surface area contributed by atoms with Crippen molar-refractivity contribution in [2.45, 2.75) is 31.4 Å². The molecule has 1 aromatic carbocycles. The summed E-state index contributed by atoms with van der Waals surface area (Å²) in [6.45, 7) is 0. The second-order valence-corrected chi connectivity index (χ2v) is 4.95. The molecule has 98 valence electrons. The molecule has 3 N–H and O–H groups in total. The molecule has 0 spiro atoms. The number of rotatable bonds is 4. The fourth-order valence-electron chi connectivity index (χ4n) is 2.42. The van der Waals surface area contributed by atoms with Gasteiger partial charge in [0.1, 0.15) is 10.8 Å². The van der Waals surface area contributed by atoms with Crippen molar-refractivity contribution in [3.05, 3.63) is 29.6 Å². The van der Waals surface area contributed by atoms with Crippen LogP contribution in [0.2, 0.25) is 0 Å². The Labute approximate surface area is 112 Å². The van der Waals surface area contributed by atoms with E-state index < -0.39 is 0 Å². The summed E-state index contributed by atoms with van der Waals surface area (Å²) in [6.07, 6.45) is 3.39. The number of nitrogens with two attached hydrogens (primary N) is 1. The van der Waals surface area contributed by atoms with Crippen molar-refractivity contribution >= 4 is 22.9 Å². The van der Waals surface area contributed by atoms with E-state index in [1.807, 2.05) is 0 Å². The normalized spacial score (nSPS) is 23.0. The monoisotopic (exact) mass is 268 g/mol. The van der Waals surface area contributed by atoms with Gasteiger partial charge >= 0.3 is 0 Å². The molecule has 0 aromatic heterocycles. The number of hydrogen-bond acceptors (Lipinski definition) is 3. The van der Waals surface area contributed by atoms with Crippen LogP contribution in [0.1, 0.15) is 24.8 Å². The highest BCUT2D eigenvalue weighted by molar-refractivity contribution is 7.80. The third kappa shape index (κ3) is 2.79. The second-order valence-electron chi connectivity index (χ2n) is 4.51. The summed E-state index contributed by atoms with van der Waals surface area (Å²) in [4.78, 5) is 0.198. The largest absolute Gasteiger partial charge is 0.389 e. The summed E-state index contributed by atoms with van der Waals surface area (Å²) in [5.41, 5.74) is 6.94. The molecule has 0 bridgehead atoms. The Bertz CT molecular complexity index is 453. The van der Waals surface area contributed by atoms with Crippen LogP contribution in [0, 0.1) is 5.82 Å². The van der Waals surface area contributed by atoms with E-state index in [-0.39, 0.29) is 23.0 Å². The van der Waals surface area contributed by atoms with Gasteiger partial charge in [0.2, 0.25) is 0 Å². The lowest BCUT2D eigenvalue weighted by molar-refractivity contribution is 0.101. The predicted molar refractivity (Wildman–Crippen MR) is 74.3 cm³/mol. The molecule has 2 unspecified atom stereocenters. The average Bonchev–Trinajstić information content (AvgIpc) is 2.78. The fourth-order valence-corrected chi connectivity index (χ4v) is 2.59. The van der Waals surface area contributed by atoms with Crippen molar-refractivity contribution in [3.8, 4) is 0 Å². The number of nitrogens with one attached hydrogen (secondary N) is 1. The smallest absolute Gasteiger partial charge is 0.124 e. The van der Waals surface area contributed by atoms with Crippen molar-refractivity contribution in [3.63, 3.8) is 0 Å². The van der Waals surface area contributed by atoms with E-state index in [4.69, 9.17) is 22.7 Å². The van der Waals surface area contributed by atoms with E-state index in [2.05, 4.69) is 5.32 Å². The first-order valence-corrected chi connectivity index (χ1v) is 6.41. The second kappa shape index (κ2) is 5.63. The van der Waals surface area contributed by atoms with Gasteiger partial charge in [-0.15, -0.1) is 0 Å². The van der Waals surface area contributed by atoms with Gasteiger partial charge in [0, 0.05) is 18.4 Å². The molecule has 0 amide bonds. The molecule has 0 aliphatic heterocycles. The Morgan fingerprint density at radius 3 is 2.94 bits per heavy atom. The van der Waals surface area contributed by atoms with Gasteiger partial charge in [-0.1, -0.05) is 12.2 Å². The molecule has 1 aliphatic rings. The summed E-state index contributed by atoms with van der Waals surface area (Å²) < 4.78 is 18.6. The van der Waals surface area contributed by atoms with E-state index in [9.17, 15) is 4.39 Å².